The molecule has 0 bridgehead atoms. The number of alkyl halides is 3. The maximum absolute atomic E-state index is 12.2. The first-order valence-corrected chi connectivity index (χ1v) is 6.37. The van der Waals surface area contributed by atoms with E-state index in [0.717, 1.165) is 13.8 Å². The van der Waals surface area contributed by atoms with E-state index in [1.165, 1.54) is 0 Å². The van der Waals surface area contributed by atoms with Crippen molar-refractivity contribution in [1.29, 1.82) is 0 Å². The van der Waals surface area contributed by atoms with Gasteiger partial charge in [0, 0.05) is 13.1 Å². The zero-order valence-electron chi connectivity index (χ0n) is 9.73. The Morgan fingerprint density at radius 2 is 1.78 bits per heavy atom. The molecule has 1 saturated heterocycles. The van der Waals surface area contributed by atoms with Crippen molar-refractivity contribution >= 4 is 16.2 Å². The standard InChI is InChI=1S/C8H13F3N2O4S/c1-7(2,6(14)15)13-4-3-12(18(13,16)17)5-8(9,10)11/h3-5H2,1-2H3,(H,14,15). The molecule has 0 spiro atoms. The summed E-state index contributed by atoms with van der Waals surface area (Å²) in [7, 11) is -4.40. The molecule has 0 aromatic carbocycles. The van der Waals surface area contributed by atoms with Crippen LogP contribution in [0.5, 0.6) is 0 Å². The third kappa shape index (κ3) is 2.75. The van der Waals surface area contributed by atoms with Crippen molar-refractivity contribution in [3.63, 3.8) is 0 Å². The molecule has 0 saturated carbocycles. The van der Waals surface area contributed by atoms with Gasteiger partial charge in [-0.25, -0.2) is 0 Å². The van der Waals surface area contributed by atoms with Gasteiger partial charge in [-0.3, -0.25) is 4.79 Å². The van der Waals surface area contributed by atoms with E-state index in [4.69, 9.17) is 5.11 Å². The Bertz CT molecular complexity index is 446. The van der Waals surface area contributed by atoms with Crippen LogP contribution in [0.3, 0.4) is 0 Å². The van der Waals surface area contributed by atoms with Gasteiger partial charge in [0.2, 0.25) is 0 Å². The third-order valence-corrected chi connectivity index (χ3v) is 4.82. The number of carboxylic acids is 1. The lowest BCUT2D eigenvalue weighted by molar-refractivity contribution is -0.146. The smallest absolute Gasteiger partial charge is 0.402 e. The van der Waals surface area contributed by atoms with E-state index < -0.39 is 34.4 Å². The number of hydrogen-bond donors (Lipinski definition) is 1. The van der Waals surface area contributed by atoms with Crippen LogP contribution < -0.4 is 0 Å². The number of halogens is 3. The molecule has 1 rings (SSSR count). The van der Waals surface area contributed by atoms with Crippen LogP contribution in [-0.2, 0) is 15.0 Å². The highest BCUT2D eigenvalue weighted by Gasteiger charge is 2.51. The summed E-state index contributed by atoms with van der Waals surface area (Å²) in [4.78, 5) is 10.9. The highest BCUT2D eigenvalue weighted by Crippen LogP contribution is 2.29. The fraction of sp³-hybridized carbons (Fsp3) is 0.875. The summed E-state index contributed by atoms with van der Waals surface area (Å²) >= 11 is 0. The summed E-state index contributed by atoms with van der Waals surface area (Å²) < 4.78 is 61.0. The Labute approximate surface area is 102 Å². The summed E-state index contributed by atoms with van der Waals surface area (Å²) in [5.74, 6) is -1.42. The van der Waals surface area contributed by atoms with Crippen molar-refractivity contribution in [2.75, 3.05) is 19.6 Å². The van der Waals surface area contributed by atoms with Crippen LogP contribution in [0.25, 0.3) is 0 Å². The van der Waals surface area contributed by atoms with Crippen LogP contribution in [-0.4, -0.2) is 59.5 Å². The lowest BCUT2D eigenvalue weighted by Gasteiger charge is -2.30. The molecule has 0 aromatic rings. The average Bonchev–Trinajstić information content (AvgIpc) is 2.39. The second-order valence-corrected chi connectivity index (χ2v) is 6.25. The minimum atomic E-state index is -4.66. The molecule has 1 aliphatic heterocycles. The van der Waals surface area contributed by atoms with Crippen molar-refractivity contribution in [1.82, 2.24) is 8.61 Å². The molecule has 18 heavy (non-hydrogen) atoms. The number of carboxylic acid groups (broad SMARTS) is 1. The van der Waals surface area contributed by atoms with Crippen molar-refractivity contribution in [3.8, 4) is 0 Å². The molecule has 1 fully saturated rings. The maximum atomic E-state index is 12.2. The number of nitrogens with zero attached hydrogens (tertiary/aromatic N) is 2. The minimum absolute atomic E-state index is 0.234. The van der Waals surface area contributed by atoms with Crippen molar-refractivity contribution < 1.29 is 31.5 Å². The number of hydrogen-bond acceptors (Lipinski definition) is 3. The lowest BCUT2D eigenvalue weighted by Crippen LogP contribution is -2.52. The number of aliphatic carboxylic acids is 1. The largest absolute Gasteiger partial charge is 0.480 e. The van der Waals surface area contributed by atoms with Crippen molar-refractivity contribution in [2.24, 2.45) is 0 Å². The highest BCUT2D eigenvalue weighted by molar-refractivity contribution is 7.87. The summed E-state index contributed by atoms with van der Waals surface area (Å²) in [5.41, 5.74) is -1.78. The average molecular weight is 290 g/mol. The van der Waals surface area contributed by atoms with Crippen LogP contribution in [0, 0.1) is 0 Å². The van der Waals surface area contributed by atoms with Gasteiger partial charge in [0.1, 0.15) is 12.1 Å². The van der Waals surface area contributed by atoms with Gasteiger partial charge >= 0.3 is 12.1 Å². The molecular formula is C8H13F3N2O4S. The van der Waals surface area contributed by atoms with Gasteiger partial charge in [0.25, 0.3) is 10.2 Å². The zero-order valence-corrected chi connectivity index (χ0v) is 10.5. The zero-order chi connectivity index (χ0) is 14.4. The van der Waals surface area contributed by atoms with Crippen LogP contribution in [0.15, 0.2) is 0 Å². The molecule has 0 aliphatic carbocycles. The van der Waals surface area contributed by atoms with E-state index in [1.807, 2.05) is 0 Å². The second-order valence-electron chi connectivity index (χ2n) is 4.39. The lowest BCUT2D eigenvalue weighted by atomic mass is 10.1. The molecule has 106 valence electrons. The number of carbonyl (C=O) groups is 1. The van der Waals surface area contributed by atoms with Crippen molar-refractivity contribution in [2.45, 2.75) is 25.6 Å². The predicted octanol–water partition coefficient (Wildman–Crippen LogP) is 0.274. The van der Waals surface area contributed by atoms with E-state index in [0.29, 0.717) is 4.31 Å². The van der Waals surface area contributed by atoms with Crippen LogP contribution in [0.4, 0.5) is 13.2 Å². The minimum Gasteiger partial charge on any atom is -0.480 e. The molecule has 10 heteroatoms. The van der Waals surface area contributed by atoms with Gasteiger partial charge in [0.05, 0.1) is 0 Å². The fourth-order valence-electron chi connectivity index (χ4n) is 1.61. The van der Waals surface area contributed by atoms with Crippen LogP contribution >= 0.6 is 0 Å². The van der Waals surface area contributed by atoms with Gasteiger partial charge < -0.3 is 5.11 Å². The summed E-state index contributed by atoms with van der Waals surface area (Å²) in [6.45, 7) is -0.00819. The van der Waals surface area contributed by atoms with E-state index in [9.17, 15) is 26.4 Å². The Morgan fingerprint density at radius 1 is 1.28 bits per heavy atom. The monoisotopic (exact) mass is 290 g/mol. The molecule has 6 nitrogen and oxygen atoms in total. The molecule has 1 aliphatic rings. The SMILES string of the molecule is CC(C)(C(=O)O)N1CCN(CC(F)(F)F)S1(=O)=O. The quantitative estimate of drug-likeness (QED) is 0.809. The van der Waals surface area contributed by atoms with E-state index in [-0.39, 0.29) is 17.4 Å². The molecule has 0 unspecified atom stereocenters. The first kappa shape index (κ1) is 15.2. The number of rotatable bonds is 3. The van der Waals surface area contributed by atoms with E-state index in [1.54, 1.807) is 0 Å². The Balaban J connectivity index is 3.01. The molecular weight excluding hydrogens is 277 g/mol. The van der Waals surface area contributed by atoms with Gasteiger partial charge in [-0.1, -0.05) is 0 Å². The van der Waals surface area contributed by atoms with Gasteiger partial charge in [0.15, 0.2) is 0 Å². The predicted molar refractivity (Wildman–Crippen MR) is 55.0 cm³/mol. The normalized spacial score (nSPS) is 22.3. The molecule has 0 radical (unpaired) electrons. The molecule has 0 amide bonds. The van der Waals surface area contributed by atoms with Gasteiger partial charge in [-0.2, -0.15) is 30.2 Å². The van der Waals surface area contributed by atoms with E-state index in [2.05, 4.69) is 0 Å². The molecule has 0 atom stereocenters. The van der Waals surface area contributed by atoms with Crippen LogP contribution in [0.2, 0.25) is 0 Å². The van der Waals surface area contributed by atoms with Gasteiger partial charge in [-0.05, 0) is 13.8 Å². The Hall–Kier alpha value is -0.870. The topological polar surface area (TPSA) is 77.9 Å². The Kier molecular flexibility index (Phi) is 3.67. The maximum Gasteiger partial charge on any atom is 0.402 e. The third-order valence-electron chi connectivity index (χ3n) is 2.66. The molecule has 0 aromatic heterocycles. The Morgan fingerprint density at radius 3 is 2.17 bits per heavy atom. The van der Waals surface area contributed by atoms with Crippen molar-refractivity contribution in [3.05, 3.63) is 0 Å². The molecule has 1 heterocycles. The fourth-order valence-corrected chi connectivity index (χ4v) is 3.48. The van der Waals surface area contributed by atoms with E-state index >= 15 is 0 Å². The summed E-state index contributed by atoms with van der Waals surface area (Å²) in [6, 6.07) is 0. The summed E-state index contributed by atoms with van der Waals surface area (Å²) in [6.07, 6.45) is -4.66. The van der Waals surface area contributed by atoms with Crippen LogP contribution in [0.1, 0.15) is 13.8 Å². The second kappa shape index (κ2) is 4.35. The molecule has 1 N–H and O–H groups in total. The first-order chi connectivity index (χ1) is 7.89. The summed E-state index contributed by atoms with van der Waals surface area (Å²) in [5, 5.41) is 8.91. The highest BCUT2D eigenvalue weighted by atomic mass is 32.2. The van der Waals surface area contributed by atoms with Gasteiger partial charge in [-0.15, -0.1) is 0 Å². The first-order valence-electron chi connectivity index (χ1n) is 4.97.